The fraction of sp³-hybridized carbons (Fsp3) is 0.158. The lowest BCUT2D eigenvalue weighted by Gasteiger charge is -2.13. The Morgan fingerprint density at radius 2 is 1.43 bits per heavy atom. The van der Waals surface area contributed by atoms with Crippen LogP contribution in [-0.4, -0.2) is 9.97 Å². The molecule has 0 aliphatic carbocycles. The number of anilines is 4. The molecule has 0 bridgehead atoms. The molecule has 3 rings (SSSR count). The third-order valence-electron chi connectivity index (χ3n) is 3.75. The molecule has 4 nitrogen and oxygen atoms in total. The molecule has 0 saturated heterocycles. The van der Waals surface area contributed by atoms with Crippen molar-refractivity contribution in [2.75, 3.05) is 10.6 Å². The molecule has 2 aromatic carbocycles. The first-order chi connectivity index (χ1) is 11.1. The molecular weight excluding hydrogens is 284 g/mol. The minimum Gasteiger partial charge on any atom is -0.340 e. The van der Waals surface area contributed by atoms with E-state index in [4.69, 9.17) is 0 Å². The van der Waals surface area contributed by atoms with Crippen LogP contribution in [0.3, 0.4) is 0 Å². The van der Waals surface area contributed by atoms with Crippen LogP contribution >= 0.6 is 0 Å². The normalized spacial score (nSPS) is 10.4. The van der Waals surface area contributed by atoms with E-state index in [9.17, 15) is 0 Å². The molecule has 0 spiro atoms. The minimum atomic E-state index is 0.721. The third kappa shape index (κ3) is 3.66. The zero-order chi connectivity index (χ0) is 16.2. The largest absolute Gasteiger partial charge is 0.340 e. The molecule has 0 fully saturated rings. The van der Waals surface area contributed by atoms with Crippen molar-refractivity contribution >= 4 is 23.0 Å². The molecule has 0 unspecified atom stereocenters. The molecular formula is C19H20N4. The number of hydrogen-bond donors (Lipinski definition) is 2. The fourth-order valence-electron chi connectivity index (χ4n) is 2.39. The molecule has 0 atom stereocenters. The van der Waals surface area contributed by atoms with Gasteiger partial charge in [0.2, 0.25) is 0 Å². The standard InChI is InChI=1S/C19H20N4/c1-13-8-7-11-17(14(13)2)23-19-12-18(20-15(3)21-19)22-16-9-5-4-6-10-16/h4-12H,1-3H3,(H2,20,21,22,23). The zero-order valence-electron chi connectivity index (χ0n) is 13.6. The minimum absolute atomic E-state index is 0.721. The van der Waals surface area contributed by atoms with Gasteiger partial charge in [0.05, 0.1) is 0 Å². The second-order valence-corrected chi connectivity index (χ2v) is 5.55. The van der Waals surface area contributed by atoms with Crippen molar-refractivity contribution in [2.24, 2.45) is 0 Å². The Hall–Kier alpha value is -2.88. The SMILES string of the molecule is Cc1nc(Nc2ccccc2)cc(Nc2cccc(C)c2C)n1. The summed E-state index contributed by atoms with van der Waals surface area (Å²) in [5.74, 6) is 2.28. The first-order valence-electron chi connectivity index (χ1n) is 7.63. The van der Waals surface area contributed by atoms with Crippen molar-refractivity contribution in [1.82, 2.24) is 9.97 Å². The first kappa shape index (κ1) is 15.0. The van der Waals surface area contributed by atoms with Gasteiger partial charge in [0.15, 0.2) is 0 Å². The van der Waals surface area contributed by atoms with Crippen molar-refractivity contribution in [3.63, 3.8) is 0 Å². The van der Waals surface area contributed by atoms with Gasteiger partial charge in [-0.05, 0) is 50.1 Å². The molecule has 3 aromatic rings. The van der Waals surface area contributed by atoms with Crippen LogP contribution in [0.4, 0.5) is 23.0 Å². The van der Waals surface area contributed by atoms with Crippen molar-refractivity contribution in [3.8, 4) is 0 Å². The van der Waals surface area contributed by atoms with E-state index in [1.165, 1.54) is 11.1 Å². The molecule has 0 amide bonds. The van der Waals surface area contributed by atoms with Crippen molar-refractivity contribution in [3.05, 3.63) is 71.5 Å². The highest BCUT2D eigenvalue weighted by Crippen LogP contribution is 2.24. The fourth-order valence-corrected chi connectivity index (χ4v) is 2.39. The monoisotopic (exact) mass is 304 g/mol. The lowest BCUT2D eigenvalue weighted by Crippen LogP contribution is -2.02. The summed E-state index contributed by atoms with van der Waals surface area (Å²) >= 11 is 0. The molecule has 0 saturated carbocycles. The summed E-state index contributed by atoms with van der Waals surface area (Å²) in [7, 11) is 0. The van der Waals surface area contributed by atoms with E-state index >= 15 is 0 Å². The Labute approximate surface area is 136 Å². The number of nitrogens with zero attached hydrogens (tertiary/aromatic N) is 2. The Bertz CT molecular complexity index is 813. The van der Waals surface area contributed by atoms with Gasteiger partial charge >= 0.3 is 0 Å². The summed E-state index contributed by atoms with van der Waals surface area (Å²) in [5.41, 5.74) is 4.54. The van der Waals surface area contributed by atoms with Crippen LogP contribution in [0.1, 0.15) is 17.0 Å². The van der Waals surface area contributed by atoms with Gasteiger partial charge in [0.25, 0.3) is 0 Å². The predicted molar refractivity (Wildman–Crippen MR) is 95.7 cm³/mol. The maximum atomic E-state index is 4.48. The number of para-hydroxylation sites is 1. The molecule has 1 aromatic heterocycles. The Kier molecular flexibility index (Phi) is 4.24. The maximum Gasteiger partial charge on any atom is 0.136 e. The van der Waals surface area contributed by atoms with Gasteiger partial charge in [-0.3, -0.25) is 0 Å². The molecule has 116 valence electrons. The number of hydrogen-bond acceptors (Lipinski definition) is 4. The highest BCUT2D eigenvalue weighted by molar-refractivity contribution is 5.65. The second-order valence-electron chi connectivity index (χ2n) is 5.55. The smallest absolute Gasteiger partial charge is 0.136 e. The summed E-state index contributed by atoms with van der Waals surface area (Å²) in [5, 5.41) is 6.69. The van der Waals surface area contributed by atoms with Crippen molar-refractivity contribution < 1.29 is 0 Å². The average Bonchev–Trinajstić information content (AvgIpc) is 2.52. The highest BCUT2D eigenvalue weighted by Gasteiger charge is 2.05. The van der Waals surface area contributed by atoms with Gasteiger partial charge in [-0.15, -0.1) is 0 Å². The number of aromatic nitrogens is 2. The Balaban J connectivity index is 1.87. The van der Waals surface area contributed by atoms with E-state index in [1.54, 1.807) is 0 Å². The van der Waals surface area contributed by atoms with Crippen LogP contribution in [0, 0.1) is 20.8 Å². The van der Waals surface area contributed by atoms with Gasteiger partial charge in [-0.25, -0.2) is 9.97 Å². The molecule has 23 heavy (non-hydrogen) atoms. The molecule has 2 N–H and O–H groups in total. The third-order valence-corrected chi connectivity index (χ3v) is 3.75. The van der Waals surface area contributed by atoms with Crippen LogP contribution in [0.2, 0.25) is 0 Å². The summed E-state index contributed by atoms with van der Waals surface area (Å²) in [4.78, 5) is 8.93. The lowest BCUT2D eigenvalue weighted by atomic mass is 10.1. The van der Waals surface area contributed by atoms with E-state index in [0.717, 1.165) is 28.8 Å². The quantitative estimate of drug-likeness (QED) is 0.720. The average molecular weight is 304 g/mol. The van der Waals surface area contributed by atoms with Gasteiger partial charge in [0, 0.05) is 17.4 Å². The molecule has 0 radical (unpaired) electrons. The zero-order valence-corrected chi connectivity index (χ0v) is 13.6. The first-order valence-corrected chi connectivity index (χ1v) is 7.63. The molecule has 0 aliphatic rings. The number of rotatable bonds is 4. The summed E-state index contributed by atoms with van der Waals surface area (Å²) in [6.45, 7) is 6.10. The van der Waals surface area contributed by atoms with E-state index in [0.29, 0.717) is 0 Å². The topological polar surface area (TPSA) is 49.8 Å². The highest BCUT2D eigenvalue weighted by atomic mass is 15.1. The summed E-state index contributed by atoms with van der Waals surface area (Å²) < 4.78 is 0. The number of aryl methyl sites for hydroxylation is 2. The lowest BCUT2D eigenvalue weighted by molar-refractivity contribution is 1.06. The van der Waals surface area contributed by atoms with E-state index in [1.807, 2.05) is 49.4 Å². The van der Waals surface area contributed by atoms with Crippen LogP contribution in [-0.2, 0) is 0 Å². The number of benzene rings is 2. The summed E-state index contributed by atoms with van der Waals surface area (Å²) in [6, 6.07) is 18.1. The van der Waals surface area contributed by atoms with Gasteiger partial charge in [-0.1, -0.05) is 30.3 Å². The van der Waals surface area contributed by atoms with E-state index < -0.39 is 0 Å². The molecule has 0 aliphatic heterocycles. The van der Waals surface area contributed by atoms with Crippen molar-refractivity contribution in [2.45, 2.75) is 20.8 Å². The van der Waals surface area contributed by atoms with E-state index in [2.05, 4.69) is 46.6 Å². The van der Waals surface area contributed by atoms with Gasteiger partial charge in [-0.2, -0.15) is 0 Å². The van der Waals surface area contributed by atoms with Gasteiger partial charge < -0.3 is 10.6 Å². The van der Waals surface area contributed by atoms with E-state index in [-0.39, 0.29) is 0 Å². The number of nitrogens with one attached hydrogen (secondary N) is 2. The Morgan fingerprint density at radius 1 is 0.739 bits per heavy atom. The van der Waals surface area contributed by atoms with Crippen LogP contribution in [0.5, 0.6) is 0 Å². The second kappa shape index (κ2) is 6.48. The van der Waals surface area contributed by atoms with Crippen molar-refractivity contribution in [1.29, 1.82) is 0 Å². The summed E-state index contributed by atoms with van der Waals surface area (Å²) in [6.07, 6.45) is 0. The van der Waals surface area contributed by atoms with Crippen LogP contribution < -0.4 is 10.6 Å². The molecule has 1 heterocycles. The molecule has 4 heteroatoms. The van der Waals surface area contributed by atoms with Gasteiger partial charge in [0.1, 0.15) is 17.5 Å². The van der Waals surface area contributed by atoms with Crippen LogP contribution in [0.15, 0.2) is 54.6 Å². The maximum absolute atomic E-state index is 4.48. The van der Waals surface area contributed by atoms with Crippen LogP contribution in [0.25, 0.3) is 0 Å². The predicted octanol–water partition coefficient (Wildman–Crippen LogP) is 4.89. The Morgan fingerprint density at radius 3 is 2.17 bits per heavy atom.